The largest absolute Gasteiger partial charge is 0.444 e. The van der Waals surface area contributed by atoms with Gasteiger partial charge in [0, 0.05) is 32.2 Å². The van der Waals surface area contributed by atoms with Crippen molar-refractivity contribution in [2.75, 3.05) is 26.2 Å². The van der Waals surface area contributed by atoms with Crippen molar-refractivity contribution in [1.29, 1.82) is 5.26 Å². The highest BCUT2D eigenvalue weighted by Gasteiger charge is 2.33. The molecular formula is C24H35N3O3. The molecule has 30 heavy (non-hydrogen) atoms. The number of nitrogens with zero attached hydrogens (tertiary/aromatic N) is 3. The highest BCUT2D eigenvalue weighted by molar-refractivity contribution is 5.68. The van der Waals surface area contributed by atoms with Crippen LogP contribution in [0.1, 0.15) is 69.9 Å². The van der Waals surface area contributed by atoms with Gasteiger partial charge in [0.1, 0.15) is 5.60 Å². The lowest BCUT2D eigenvalue weighted by Gasteiger charge is -2.38. The number of carbonyl (C=O) groups is 1. The van der Waals surface area contributed by atoms with Gasteiger partial charge in [-0.1, -0.05) is 12.1 Å². The van der Waals surface area contributed by atoms with Gasteiger partial charge in [0.15, 0.2) is 0 Å². The number of ether oxygens (including phenoxy) is 1. The second-order valence-electron chi connectivity index (χ2n) is 9.66. The number of carbonyl (C=O) groups excluding carboxylic acids is 1. The standard InChI is InChI=1S/C24H35N3O3/c1-24(2,3)30-23(29)27(14-13-26-12-11-22(28)17-26)21-9-7-19(8-10-21)20-6-4-5-18(15-20)16-25/h4-6,15,19,21-22,28H,7-14,17H2,1-3H3/t19?,21?,22-/m1/s1. The van der Waals surface area contributed by atoms with Crippen LogP contribution in [0.3, 0.4) is 0 Å². The van der Waals surface area contributed by atoms with Gasteiger partial charge >= 0.3 is 6.09 Å². The first kappa shape index (κ1) is 22.6. The normalized spacial score (nSPS) is 25.0. The number of nitriles is 1. The van der Waals surface area contributed by atoms with E-state index >= 15 is 0 Å². The Morgan fingerprint density at radius 3 is 2.60 bits per heavy atom. The van der Waals surface area contributed by atoms with E-state index in [-0.39, 0.29) is 18.2 Å². The van der Waals surface area contributed by atoms with Crippen LogP contribution in [0.2, 0.25) is 0 Å². The first-order valence-electron chi connectivity index (χ1n) is 11.2. The molecule has 1 amide bonds. The van der Waals surface area contributed by atoms with Crippen molar-refractivity contribution in [2.24, 2.45) is 0 Å². The molecule has 2 fully saturated rings. The fraction of sp³-hybridized carbons (Fsp3) is 0.667. The van der Waals surface area contributed by atoms with E-state index in [2.05, 4.69) is 17.0 Å². The Morgan fingerprint density at radius 1 is 1.27 bits per heavy atom. The minimum atomic E-state index is -0.520. The maximum Gasteiger partial charge on any atom is 0.410 e. The Kier molecular flexibility index (Phi) is 7.38. The Bertz CT molecular complexity index is 760. The molecule has 1 N–H and O–H groups in total. The summed E-state index contributed by atoms with van der Waals surface area (Å²) in [6.07, 6.45) is 4.19. The number of aliphatic hydroxyl groups is 1. The van der Waals surface area contributed by atoms with Gasteiger partial charge < -0.3 is 14.7 Å². The summed E-state index contributed by atoms with van der Waals surface area (Å²) in [7, 11) is 0. The van der Waals surface area contributed by atoms with Crippen molar-refractivity contribution in [3.8, 4) is 6.07 Å². The molecule has 1 aromatic carbocycles. The molecule has 0 spiro atoms. The fourth-order valence-corrected chi connectivity index (χ4v) is 4.59. The molecule has 1 aromatic rings. The molecule has 2 aliphatic rings. The summed E-state index contributed by atoms with van der Waals surface area (Å²) in [5, 5.41) is 19.0. The Hall–Kier alpha value is -2.10. The van der Waals surface area contributed by atoms with Crippen molar-refractivity contribution in [3.05, 3.63) is 35.4 Å². The van der Waals surface area contributed by atoms with Crippen LogP contribution >= 0.6 is 0 Å². The van der Waals surface area contributed by atoms with Crippen molar-refractivity contribution >= 4 is 6.09 Å². The molecule has 0 aromatic heterocycles. The third-order valence-electron chi connectivity index (χ3n) is 6.16. The van der Waals surface area contributed by atoms with Crippen molar-refractivity contribution in [2.45, 2.75) is 76.5 Å². The van der Waals surface area contributed by atoms with E-state index in [1.807, 2.05) is 43.9 Å². The summed E-state index contributed by atoms with van der Waals surface area (Å²) >= 11 is 0. The number of amides is 1. The summed E-state index contributed by atoms with van der Waals surface area (Å²) in [5.41, 5.74) is 1.41. The minimum absolute atomic E-state index is 0.169. The molecule has 6 nitrogen and oxygen atoms in total. The number of hydrogen-bond donors (Lipinski definition) is 1. The zero-order valence-corrected chi connectivity index (χ0v) is 18.5. The van der Waals surface area contributed by atoms with Gasteiger partial charge in [-0.25, -0.2) is 4.79 Å². The Labute approximate surface area is 180 Å². The molecule has 1 saturated heterocycles. The van der Waals surface area contributed by atoms with E-state index in [1.54, 1.807) is 0 Å². The molecule has 164 valence electrons. The van der Waals surface area contributed by atoms with E-state index in [1.165, 1.54) is 5.56 Å². The summed E-state index contributed by atoms with van der Waals surface area (Å²) < 4.78 is 5.71. The average Bonchev–Trinajstić information content (AvgIpc) is 3.12. The summed E-state index contributed by atoms with van der Waals surface area (Å²) in [5.74, 6) is 0.434. The van der Waals surface area contributed by atoms with Crippen LogP contribution in [0.4, 0.5) is 4.79 Å². The average molecular weight is 414 g/mol. The molecule has 1 saturated carbocycles. The molecular weight excluding hydrogens is 378 g/mol. The molecule has 1 aliphatic carbocycles. The van der Waals surface area contributed by atoms with Gasteiger partial charge in [-0.2, -0.15) is 5.26 Å². The maximum atomic E-state index is 13.0. The lowest BCUT2D eigenvalue weighted by atomic mass is 9.81. The van der Waals surface area contributed by atoms with E-state index in [0.29, 0.717) is 24.6 Å². The number of aliphatic hydroxyl groups excluding tert-OH is 1. The fourth-order valence-electron chi connectivity index (χ4n) is 4.59. The first-order valence-corrected chi connectivity index (χ1v) is 11.2. The molecule has 1 heterocycles. The number of benzene rings is 1. The molecule has 3 rings (SSSR count). The van der Waals surface area contributed by atoms with E-state index in [4.69, 9.17) is 10.00 Å². The highest BCUT2D eigenvalue weighted by atomic mass is 16.6. The second-order valence-corrected chi connectivity index (χ2v) is 9.66. The SMILES string of the molecule is CC(C)(C)OC(=O)N(CCN1CC[C@@H](O)C1)C1CCC(c2cccc(C#N)c2)CC1. The predicted octanol–water partition coefficient (Wildman–Crippen LogP) is 3.89. The van der Waals surface area contributed by atoms with Gasteiger partial charge in [0.2, 0.25) is 0 Å². The van der Waals surface area contributed by atoms with Gasteiger partial charge in [-0.05, 0) is 76.5 Å². The summed E-state index contributed by atoms with van der Waals surface area (Å²) in [6, 6.07) is 10.3. The highest BCUT2D eigenvalue weighted by Crippen LogP contribution is 2.35. The topological polar surface area (TPSA) is 76.8 Å². The second kappa shape index (κ2) is 9.80. The predicted molar refractivity (Wildman–Crippen MR) is 116 cm³/mol. The van der Waals surface area contributed by atoms with Crippen LogP contribution < -0.4 is 0 Å². The Balaban J connectivity index is 1.62. The molecule has 0 bridgehead atoms. The van der Waals surface area contributed by atoms with Crippen LogP contribution in [0, 0.1) is 11.3 Å². The Morgan fingerprint density at radius 2 is 2.00 bits per heavy atom. The molecule has 0 radical (unpaired) electrons. The third-order valence-corrected chi connectivity index (χ3v) is 6.16. The quantitative estimate of drug-likeness (QED) is 0.792. The molecule has 1 atom stereocenters. The first-order chi connectivity index (χ1) is 14.2. The summed E-state index contributed by atoms with van der Waals surface area (Å²) in [4.78, 5) is 17.1. The van der Waals surface area contributed by atoms with E-state index < -0.39 is 5.60 Å². The van der Waals surface area contributed by atoms with Crippen molar-refractivity contribution < 1.29 is 14.6 Å². The van der Waals surface area contributed by atoms with Crippen LogP contribution in [0.25, 0.3) is 0 Å². The minimum Gasteiger partial charge on any atom is -0.444 e. The number of rotatable bonds is 5. The number of likely N-dealkylation sites (tertiary alicyclic amines) is 1. The third kappa shape index (κ3) is 6.20. The van der Waals surface area contributed by atoms with E-state index in [9.17, 15) is 9.90 Å². The van der Waals surface area contributed by atoms with Crippen LogP contribution in [0.15, 0.2) is 24.3 Å². The molecule has 0 unspecified atom stereocenters. The lowest BCUT2D eigenvalue weighted by molar-refractivity contribution is 0.00956. The zero-order chi connectivity index (χ0) is 21.7. The van der Waals surface area contributed by atoms with Crippen molar-refractivity contribution in [1.82, 2.24) is 9.80 Å². The summed E-state index contributed by atoms with van der Waals surface area (Å²) in [6.45, 7) is 8.66. The van der Waals surface area contributed by atoms with E-state index in [0.717, 1.165) is 45.2 Å². The smallest absolute Gasteiger partial charge is 0.410 e. The van der Waals surface area contributed by atoms with Crippen molar-refractivity contribution in [3.63, 3.8) is 0 Å². The van der Waals surface area contributed by atoms with Gasteiger partial charge in [0.05, 0.1) is 17.7 Å². The molecule has 6 heteroatoms. The van der Waals surface area contributed by atoms with Gasteiger partial charge in [-0.15, -0.1) is 0 Å². The maximum absolute atomic E-state index is 13.0. The monoisotopic (exact) mass is 413 g/mol. The number of hydrogen-bond acceptors (Lipinski definition) is 5. The lowest BCUT2D eigenvalue weighted by Crippen LogP contribution is -2.47. The zero-order valence-electron chi connectivity index (χ0n) is 18.5. The van der Waals surface area contributed by atoms with Crippen LogP contribution in [-0.4, -0.2) is 64.9 Å². The van der Waals surface area contributed by atoms with Crippen LogP contribution in [-0.2, 0) is 4.74 Å². The van der Waals surface area contributed by atoms with Gasteiger partial charge in [0.25, 0.3) is 0 Å². The number of β-amino-alcohol motifs (C(OH)–C–C–N with tert-alkyl or cyclic N) is 1. The van der Waals surface area contributed by atoms with Crippen LogP contribution in [0.5, 0.6) is 0 Å². The van der Waals surface area contributed by atoms with Gasteiger partial charge in [-0.3, -0.25) is 4.90 Å². The molecule has 1 aliphatic heterocycles.